The van der Waals surface area contributed by atoms with Crippen LogP contribution in [0.1, 0.15) is 5.56 Å². The van der Waals surface area contributed by atoms with E-state index in [0.717, 1.165) is 6.67 Å². The number of para-hydroxylation sites is 1. The van der Waals surface area contributed by atoms with Gasteiger partial charge in [0.1, 0.15) is 0 Å². The number of nitrogens with one attached hydrogen (secondary N) is 1. The van der Waals surface area contributed by atoms with Gasteiger partial charge in [-0.15, -0.1) is 0 Å². The van der Waals surface area contributed by atoms with Gasteiger partial charge in [-0.05, 0) is 17.7 Å². The predicted octanol–water partition coefficient (Wildman–Crippen LogP) is 3.05. The summed E-state index contributed by atoms with van der Waals surface area (Å²) in [6.45, 7) is 0.828. The Balaban J connectivity index is 1.87. The normalized spacial score (nSPS) is 14.4. The van der Waals surface area contributed by atoms with E-state index in [1.807, 2.05) is 12.1 Å². The zero-order chi connectivity index (χ0) is 11.5. The van der Waals surface area contributed by atoms with E-state index in [0.29, 0.717) is 0 Å². The number of benzene rings is 2. The van der Waals surface area contributed by atoms with Crippen LogP contribution < -0.4 is 10.2 Å². The van der Waals surface area contributed by atoms with E-state index in [2.05, 4.69) is 64.9 Å². The fraction of sp³-hybridized carbons (Fsp3) is 0.0667. The molecule has 2 aromatic carbocycles. The summed E-state index contributed by atoms with van der Waals surface area (Å²) in [5.74, 6) is 0. The molecule has 0 bridgehead atoms. The molecule has 0 spiro atoms. The van der Waals surface area contributed by atoms with E-state index in [4.69, 9.17) is 0 Å². The molecule has 1 aliphatic rings. The molecule has 3 rings (SSSR count). The lowest BCUT2D eigenvalue weighted by Gasteiger charge is -2.13. The van der Waals surface area contributed by atoms with Gasteiger partial charge in [0, 0.05) is 11.9 Å². The minimum absolute atomic E-state index is 0.828. The molecule has 1 aliphatic heterocycles. The maximum absolute atomic E-state index is 3.41. The van der Waals surface area contributed by atoms with E-state index < -0.39 is 0 Å². The van der Waals surface area contributed by atoms with Gasteiger partial charge in [-0.3, -0.25) is 0 Å². The molecule has 0 aliphatic carbocycles. The van der Waals surface area contributed by atoms with Gasteiger partial charge in [-0.2, -0.15) is 0 Å². The van der Waals surface area contributed by atoms with Crippen LogP contribution >= 0.6 is 0 Å². The summed E-state index contributed by atoms with van der Waals surface area (Å²) < 4.78 is 0. The van der Waals surface area contributed by atoms with Gasteiger partial charge < -0.3 is 10.2 Å². The van der Waals surface area contributed by atoms with Crippen molar-refractivity contribution in [2.24, 2.45) is 0 Å². The fourth-order valence-electron chi connectivity index (χ4n) is 2.00. The first-order valence-electron chi connectivity index (χ1n) is 5.76. The Kier molecular flexibility index (Phi) is 2.54. The summed E-state index contributed by atoms with van der Waals surface area (Å²) in [5.41, 5.74) is 3.62. The van der Waals surface area contributed by atoms with Crippen molar-refractivity contribution in [1.29, 1.82) is 0 Å². The number of nitrogens with zero attached hydrogens (tertiary/aromatic N) is 1. The highest BCUT2D eigenvalue weighted by Gasteiger charge is 2.13. The third-order valence-corrected chi connectivity index (χ3v) is 2.90. The lowest BCUT2D eigenvalue weighted by atomic mass is 10.2. The van der Waals surface area contributed by atoms with Crippen LogP contribution in [0, 0.1) is 0 Å². The van der Waals surface area contributed by atoms with Crippen LogP contribution in [0.4, 0.5) is 5.69 Å². The summed E-state index contributed by atoms with van der Waals surface area (Å²) in [6.07, 6.45) is 2.16. The fourth-order valence-corrected chi connectivity index (χ4v) is 2.00. The molecule has 2 nitrogen and oxygen atoms in total. The van der Waals surface area contributed by atoms with Gasteiger partial charge in [0.05, 0.1) is 12.4 Å². The molecule has 2 heteroatoms. The Morgan fingerprint density at radius 2 is 1.47 bits per heavy atom. The number of rotatable bonds is 2. The summed E-state index contributed by atoms with van der Waals surface area (Å²) in [4.78, 5) is 2.21. The largest absolute Gasteiger partial charge is 0.366 e. The van der Waals surface area contributed by atoms with Crippen LogP contribution in [-0.2, 0) is 0 Å². The highest BCUT2D eigenvalue weighted by Crippen LogP contribution is 2.21. The minimum Gasteiger partial charge on any atom is -0.366 e. The quantitative estimate of drug-likeness (QED) is 0.840. The van der Waals surface area contributed by atoms with Gasteiger partial charge in [-0.1, -0.05) is 48.5 Å². The van der Waals surface area contributed by atoms with E-state index >= 15 is 0 Å². The van der Waals surface area contributed by atoms with Gasteiger partial charge in [-0.25, -0.2) is 0 Å². The summed E-state index contributed by atoms with van der Waals surface area (Å²) in [7, 11) is 0. The first-order valence-corrected chi connectivity index (χ1v) is 5.76. The van der Waals surface area contributed by atoms with Crippen molar-refractivity contribution in [1.82, 2.24) is 5.32 Å². The van der Waals surface area contributed by atoms with Crippen molar-refractivity contribution in [3.05, 3.63) is 72.4 Å². The second-order valence-electron chi connectivity index (χ2n) is 4.05. The molecule has 1 heterocycles. The van der Waals surface area contributed by atoms with Crippen LogP contribution in [0.15, 0.2) is 66.9 Å². The molecule has 0 unspecified atom stereocenters. The van der Waals surface area contributed by atoms with E-state index in [9.17, 15) is 0 Å². The predicted molar refractivity (Wildman–Crippen MR) is 71.3 cm³/mol. The Bertz CT molecular complexity index is 517. The Morgan fingerprint density at radius 1 is 0.824 bits per heavy atom. The summed E-state index contributed by atoms with van der Waals surface area (Å²) in [5, 5.41) is 3.41. The smallest absolute Gasteiger partial charge is 0.0921 e. The molecule has 0 atom stereocenters. The Hall–Kier alpha value is -2.22. The van der Waals surface area contributed by atoms with Gasteiger partial charge in [0.2, 0.25) is 0 Å². The van der Waals surface area contributed by atoms with Crippen molar-refractivity contribution in [3.63, 3.8) is 0 Å². The van der Waals surface area contributed by atoms with E-state index in [-0.39, 0.29) is 0 Å². The highest BCUT2D eigenvalue weighted by molar-refractivity contribution is 5.70. The SMILES string of the molecule is C1=C(c2ccccc2)NCN1c1ccccc1. The number of anilines is 1. The molecule has 0 saturated carbocycles. The van der Waals surface area contributed by atoms with Gasteiger partial charge in [0.25, 0.3) is 0 Å². The molecule has 84 valence electrons. The average Bonchev–Trinajstić information content (AvgIpc) is 2.90. The monoisotopic (exact) mass is 222 g/mol. The topological polar surface area (TPSA) is 15.3 Å². The summed E-state index contributed by atoms with van der Waals surface area (Å²) >= 11 is 0. The van der Waals surface area contributed by atoms with Crippen LogP contribution in [0.2, 0.25) is 0 Å². The van der Waals surface area contributed by atoms with Gasteiger partial charge in [0.15, 0.2) is 0 Å². The van der Waals surface area contributed by atoms with Crippen molar-refractivity contribution in [3.8, 4) is 0 Å². The van der Waals surface area contributed by atoms with Crippen LogP contribution in [0.5, 0.6) is 0 Å². The van der Waals surface area contributed by atoms with Crippen LogP contribution in [0.3, 0.4) is 0 Å². The zero-order valence-corrected chi connectivity index (χ0v) is 9.51. The molecule has 0 radical (unpaired) electrons. The number of hydrogen-bond donors (Lipinski definition) is 1. The molecule has 0 amide bonds. The lowest BCUT2D eigenvalue weighted by Crippen LogP contribution is -2.20. The van der Waals surface area contributed by atoms with Crippen molar-refractivity contribution in [2.75, 3.05) is 11.6 Å². The minimum atomic E-state index is 0.828. The van der Waals surface area contributed by atoms with Gasteiger partial charge >= 0.3 is 0 Å². The first-order chi connectivity index (χ1) is 8.43. The standard InChI is InChI=1S/C15H14N2/c1-3-7-13(8-4-1)15-11-17(12-16-15)14-9-5-2-6-10-14/h1-11,16H,12H2. The Morgan fingerprint density at radius 3 is 2.18 bits per heavy atom. The maximum atomic E-state index is 3.41. The number of hydrogen-bond acceptors (Lipinski definition) is 2. The average molecular weight is 222 g/mol. The molecule has 17 heavy (non-hydrogen) atoms. The third kappa shape index (κ3) is 2.02. The van der Waals surface area contributed by atoms with Crippen molar-refractivity contribution in [2.45, 2.75) is 0 Å². The molecular weight excluding hydrogens is 208 g/mol. The molecule has 2 aromatic rings. The molecule has 0 saturated heterocycles. The summed E-state index contributed by atoms with van der Waals surface area (Å²) in [6, 6.07) is 20.8. The molecular formula is C15H14N2. The second kappa shape index (κ2) is 4.34. The Labute approximate surface area is 101 Å². The maximum Gasteiger partial charge on any atom is 0.0921 e. The third-order valence-electron chi connectivity index (χ3n) is 2.90. The molecule has 0 aromatic heterocycles. The first kappa shape index (κ1) is 9.97. The molecule has 0 fully saturated rings. The highest BCUT2D eigenvalue weighted by atomic mass is 15.3. The zero-order valence-electron chi connectivity index (χ0n) is 9.51. The molecule has 1 N–H and O–H groups in total. The van der Waals surface area contributed by atoms with E-state index in [1.54, 1.807) is 0 Å². The van der Waals surface area contributed by atoms with Crippen molar-refractivity contribution < 1.29 is 0 Å². The lowest BCUT2D eigenvalue weighted by molar-refractivity contribution is 0.911. The van der Waals surface area contributed by atoms with Crippen LogP contribution in [-0.4, -0.2) is 6.67 Å². The second-order valence-corrected chi connectivity index (χ2v) is 4.05. The van der Waals surface area contributed by atoms with Crippen LogP contribution in [0.25, 0.3) is 5.70 Å². The van der Waals surface area contributed by atoms with Crippen molar-refractivity contribution >= 4 is 11.4 Å². The van der Waals surface area contributed by atoms with E-state index in [1.165, 1.54) is 16.9 Å².